The SMILES string of the molecule is CCOc1cc(CNC(C)(C)CO)cc(Br)c1OCC(=O)NC(C)(C)C. The maximum absolute atomic E-state index is 12.0. The summed E-state index contributed by atoms with van der Waals surface area (Å²) in [5.41, 5.74) is 0.293. The van der Waals surface area contributed by atoms with Gasteiger partial charge in [0.05, 0.1) is 17.7 Å². The van der Waals surface area contributed by atoms with Gasteiger partial charge in [0, 0.05) is 17.6 Å². The lowest BCUT2D eigenvalue weighted by atomic mass is 10.1. The van der Waals surface area contributed by atoms with E-state index in [1.807, 2.05) is 53.7 Å². The molecule has 0 saturated heterocycles. The summed E-state index contributed by atoms with van der Waals surface area (Å²) >= 11 is 3.50. The first-order chi connectivity index (χ1) is 12.0. The van der Waals surface area contributed by atoms with E-state index in [-0.39, 0.29) is 30.2 Å². The topological polar surface area (TPSA) is 79.8 Å². The molecule has 1 aromatic carbocycles. The van der Waals surface area contributed by atoms with Gasteiger partial charge in [0.1, 0.15) is 0 Å². The van der Waals surface area contributed by atoms with Crippen molar-refractivity contribution in [2.45, 2.75) is 59.2 Å². The molecule has 0 radical (unpaired) electrons. The van der Waals surface area contributed by atoms with Gasteiger partial charge in [0.2, 0.25) is 0 Å². The molecule has 1 amide bonds. The summed E-state index contributed by atoms with van der Waals surface area (Å²) in [4.78, 5) is 12.0. The van der Waals surface area contributed by atoms with E-state index in [0.717, 1.165) is 5.56 Å². The van der Waals surface area contributed by atoms with Crippen molar-refractivity contribution >= 4 is 21.8 Å². The number of aliphatic hydroxyl groups excluding tert-OH is 1. The lowest BCUT2D eigenvalue weighted by Crippen LogP contribution is -2.43. The molecule has 1 aromatic rings. The van der Waals surface area contributed by atoms with E-state index in [1.165, 1.54) is 0 Å². The van der Waals surface area contributed by atoms with Crippen LogP contribution in [-0.4, -0.2) is 41.9 Å². The van der Waals surface area contributed by atoms with Gasteiger partial charge in [-0.1, -0.05) is 0 Å². The molecule has 6 nitrogen and oxygen atoms in total. The van der Waals surface area contributed by atoms with Gasteiger partial charge >= 0.3 is 0 Å². The third-order valence-corrected chi connectivity index (χ3v) is 3.99. The molecule has 26 heavy (non-hydrogen) atoms. The second kappa shape index (κ2) is 9.58. The first-order valence-corrected chi connectivity index (χ1v) is 9.51. The minimum atomic E-state index is -0.377. The molecule has 0 atom stereocenters. The molecule has 1 rings (SSSR count). The summed E-state index contributed by atoms with van der Waals surface area (Å²) < 4.78 is 12.1. The Morgan fingerprint density at radius 2 is 1.85 bits per heavy atom. The van der Waals surface area contributed by atoms with Gasteiger partial charge in [0.15, 0.2) is 18.1 Å². The zero-order chi connectivity index (χ0) is 20.0. The summed E-state index contributed by atoms with van der Waals surface area (Å²) in [5.74, 6) is 0.882. The smallest absolute Gasteiger partial charge is 0.258 e. The van der Waals surface area contributed by atoms with Crippen LogP contribution in [0.15, 0.2) is 16.6 Å². The van der Waals surface area contributed by atoms with Crippen LogP contribution in [0.4, 0.5) is 0 Å². The van der Waals surface area contributed by atoms with Crippen LogP contribution in [0.1, 0.15) is 47.1 Å². The molecule has 0 fully saturated rings. The number of halogens is 1. The molecular formula is C19H31BrN2O4. The number of hydrogen-bond acceptors (Lipinski definition) is 5. The van der Waals surface area contributed by atoms with Gasteiger partial charge < -0.3 is 25.2 Å². The molecule has 0 aliphatic carbocycles. The lowest BCUT2D eigenvalue weighted by molar-refractivity contribution is -0.124. The lowest BCUT2D eigenvalue weighted by Gasteiger charge is -2.24. The summed E-state index contributed by atoms with van der Waals surface area (Å²) in [5, 5.41) is 15.5. The van der Waals surface area contributed by atoms with Crippen molar-refractivity contribution in [1.82, 2.24) is 10.6 Å². The van der Waals surface area contributed by atoms with Gasteiger partial charge in [-0.05, 0) is 75.2 Å². The fourth-order valence-corrected chi connectivity index (χ4v) is 2.72. The van der Waals surface area contributed by atoms with E-state index in [4.69, 9.17) is 9.47 Å². The van der Waals surface area contributed by atoms with Crippen molar-refractivity contribution in [3.05, 3.63) is 22.2 Å². The van der Waals surface area contributed by atoms with Crippen molar-refractivity contribution in [2.75, 3.05) is 19.8 Å². The highest BCUT2D eigenvalue weighted by molar-refractivity contribution is 9.10. The maximum Gasteiger partial charge on any atom is 0.258 e. The van der Waals surface area contributed by atoms with Crippen LogP contribution in [-0.2, 0) is 11.3 Å². The summed E-state index contributed by atoms with van der Waals surface area (Å²) in [7, 11) is 0. The molecular weight excluding hydrogens is 400 g/mol. The fraction of sp³-hybridized carbons (Fsp3) is 0.632. The zero-order valence-corrected chi connectivity index (χ0v) is 18.1. The molecule has 0 aromatic heterocycles. The Balaban J connectivity index is 2.90. The van der Waals surface area contributed by atoms with Gasteiger partial charge in [-0.2, -0.15) is 0 Å². The van der Waals surface area contributed by atoms with Gasteiger partial charge in [0.25, 0.3) is 5.91 Å². The number of carbonyl (C=O) groups is 1. The number of amides is 1. The van der Waals surface area contributed by atoms with Crippen LogP contribution in [0.3, 0.4) is 0 Å². The molecule has 0 unspecified atom stereocenters. The van der Waals surface area contributed by atoms with Crippen LogP contribution < -0.4 is 20.1 Å². The average Bonchev–Trinajstić information content (AvgIpc) is 2.51. The first-order valence-electron chi connectivity index (χ1n) is 8.72. The van der Waals surface area contributed by atoms with E-state index >= 15 is 0 Å². The number of hydrogen-bond donors (Lipinski definition) is 3. The van der Waals surface area contributed by atoms with Crippen molar-refractivity contribution in [1.29, 1.82) is 0 Å². The minimum absolute atomic E-state index is 0.0383. The summed E-state index contributed by atoms with van der Waals surface area (Å²) in [6.45, 7) is 12.5. The Labute approximate surface area is 164 Å². The standard InChI is InChI=1S/C19H31BrN2O4/c1-7-25-15-9-13(10-21-19(5,6)12-23)8-14(20)17(15)26-11-16(24)22-18(2,3)4/h8-9,21,23H,7,10-12H2,1-6H3,(H,22,24). The first kappa shape index (κ1) is 22.7. The zero-order valence-electron chi connectivity index (χ0n) is 16.5. The highest BCUT2D eigenvalue weighted by Gasteiger charge is 2.19. The van der Waals surface area contributed by atoms with Crippen LogP contribution >= 0.6 is 15.9 Å². The second-order valence-electron chi connectivity index (χ2n) is 7.82. The number of rotatable bonds is 9. The molecule has 0 heterocycles. The Kier molecular flexibility index (Phi) is 8.37. The molecule has 0 aliphatic rings. The minimum Gasteiger partial charge on any atom is -0.490 e. The van der Waals surface area contributed by atoms with Crippen molar-refractivity contribution in [2.24, 2.45) is 0 Å². The predicted octanol–water partition coefficient (Wildman–Crippen LogP) is 3.00. The van der Waals surface area contributed by atoms with Crippen molar-refractivity contribution in [3.63, 3.8) is 0 Å². The third kappa shape index (κ3) is 7.93. The van der Waals surface area contributed by atoms with Crippen molar-refractivity contribution in [3.8, 4) is 11.5 Å². The molecule has 7 heteroatoms. The second-order valence-corrected chi connectivity index (χ2v) is 8.67. The highest BCUT2D eigenvalue weighted by Crippen LogP contribution is 2.37. The number of nitrogens with one attached hydrogen (secondary N) is 2. The molecule has 148 valence electrons. The largest absolute Gasteiger partial charge is 0.490 e. The summed E-state index contributed by atoms with van der Waals surface area (Å²) in [6.07, 6.45) is 0. The molecule has 3 N–H and O–H groups in total. The van der Waals surface area contributed by atoms with Gasteiger partial charge in [-0.3, -0.25) is 4.79 Å². The van der Waals surface area contributed by atoms with E-state index < -0.39 is 0 Å². The Morgan fingerprint density at radius 1 is 1.19 bits per heavy atom. The molecule has 0 bridgehead atoms. The Bertz CT molecular complexity index is 612. The van der Waals surface area contributed by atoms with Gasteiger partial charge in [-0.15, -0.1) is 0 Å². The maximum atomic E-state index is 12.0. The molecule has 0 spiro atoms. The highest BCUT2D eigenvalue weighted by atomic mass is 79.9. The average molecular weight is 431 g/mol. The number of aliphatic hydroxyl groups is 1. The van der Waals surface area contributed by atoms with E-state index in [1.54, 1.807) is 0 Å². The van der Waals surface area contributed by atoms with Crippen LogP contribution in [0.2, 0.25) is 0 Å². The quantitative estimate of drug-likeness (QED) is 0.560. The van der Waals surface area contributed by atoms with Crippen LogP contribution in [0.5, 0.6) is 11.5 Å². The normalized spacial score (nSPS) is 12.0. The third-order valence-electron chi connectivity index (χ3n) is 3.40. The number of carbonyl (C=O) groups excluding carboxylic acids is 1. The Hall–Kier alpha value is -1.31. The van der Waals surface area contributed by atoms with Crippen LogP contribution in [0.25, 0.3) is 0 Å². The monoisotopic (exact) mass is 430 g/mol. The van der Waals surface area contributed by atoms with Gasteiger partial charge in [-0.25, -0.2) is 0 Å². The summed E-state index contributed by atoms with van der Waals surface area (Å²) in [6, 6.07) is 3.80. The number of ether oxygens (including phenoxy) is 2. The van der Waals surface area contributed by atoms with E-state index in [9.17, 15) is 9.90 Å². The van der Waals surface area contributed by atoms with E-state index in [0.29, 0.717) is 29.1 Å². The predicted molar refractivity (Wildman–Crippen MR) is 107 cm³/mol. The van der Waals surface area contributed by atoms with Crippen LogP contribution in [0, 0.1) is 0 Å². The molecule has 0 saturated carbocycles. The fourth-order valence-electron chi connectivity index (χ4n) is 2.12. The number of benzene rings is 1. The Morgan fingerprint density at radius 3 is 2.38 bits per heavy atom. The molecule has 0 aliphatic heterocycles. The van der Waals surface area contributed by atoms with Crippen molar-refractivity contribution < 1.29 is 19.4 Å². The van der Waals surface area contributed by atoms with E-state index in [2.05, 4.69) is 26.6 Å².